The van der Waals surface area contributed by atoms with Gasteiger partial charge in [0.25, 0.3) is 5.91 Å². The van der Waals surface area contributed by atoms with Crippen molar-refractivity contribution >= 4 is 17.6 Å². The molecule has 18 heavy (non-hydrogen) atoms. The number of anilines is 1. The smallest absolute Gasteiger partial charge is 0.272 e. The van der Waals surface area contributed by atoms with Gasteiger partial charge in [-0.25, -0.2) is 10.1 Å². The van der Waals surface area contributed by atoms with Gasteiger partial charge in [0, 0.05) is 12.4 Å². The highest BCUT2D eigenvalue weighted by molar-refractivity contribution is 6.01. The predicted octanol–water partition coefficient (Wildman–Crippen LogP) is -0.903. The van der Waals surface area contributed by atoms with Gasteiger partial charge in [-0.3, -0.25) is 9.78 Å². The third-order valence-corrected chi connectivity index (χ3v) is 1.96. The van der Waals surface area contributed by atoms with Crippen LogP contribution in [-0.4, -0.2) is 27.0 Å². The average molecular weight is 247 g/mol. The van der Waals surface area contributed by atoms with E-state index in [-0.39, 0.29) is 17.3 Å². The number of amides is 1. The number of amidine groups is 1. The molecule has 0 spiro atoms. The van der Waals surface area contributed by atoms with E-state index in [1.54, 1.807) is 18.3 Å². The molecule has 5 N–H and O–H groups in total. The summed E-state index contributed by atoms with van der Waals surface area (Å²) in [6, 6.07) is 3.21. The van der Waals surface area contributed by atoms with Crippen LogP contribution >= 0.6 is 0 Å². The molecule has 0 bridgehead atoms. The summed E-state index contributed by atoms with van der Waals surface area (Å²) in [5.41, 5.74) is 13.6. The van der Waals surface area contributed by atoms with Crippen molar-refractivity contribution in [2.75, 3.05) is 5.73 Å². The maximum Gasteiger partial charge on any atom is 0.272 e. The molecule has 2 rings (SSSR count). The van der Waals surface area contributed by atoms with Crippen molar-refractivity contribution in [1.82, 2.24) is 20.7 Å². The van der Waals surface area contributed by atoms with Crippen molar-refractivity contribution in [2.45, 2.75) is 0 Å². The molecule has 2 aromatic rings. The lowest BCUT2D eigenvalue weighted by Gasteiger charge is -1.99. The first-order chi connectivity index (χ1) is 8.68. The Kier molecular flexibility index (Phi) is 3.14. The minimum atomic E-state index is -0.457. The Morgan fingerprint density at radius 3 is 2.89 bits per heavy atom. The summed E-state index contributed by atoms with van der Waals surface area (Å²) >= 11 is 0. The van der Waals surface area contributed by atoms with Crippen molar-refractivity contribution in [3.05, 3.63) is 35.8 Å². The van der Waals surface area contributed by atoms with E-state index in [0.717, 1.165) is 0 Å². The summed E-state index contributed by atoms with van der Waals surface area (Å²) in [6.07, 6.45) is 2.95. The van der Waals surface area contributed by atoms with Crippen LogP contribution in [0, 0.1) is 0 Å². The SMILES string of the molecule is N/C(=N/NC(=O)c1cccnc1)c1nonc1N. The number of nitrogen functional groups attached to an aromatic ring is 1. The normalized spacial score (nSPS) is 11.2. The van der Waals surface area contributed by atoms with Crippen LogP contribution in [-0.2, 0) is 0 Å². The van der Waals surface area contributed by atoms with Crippen LogP contribution in [0.4, 0.5) is 5.82 Å². The topological polar surface area (TPSA) is 145 Å². The maximum absolute atomic E-state index is 11.6. The van der Waals surface area contributed by atoms with Gasteiger partial charge < -0.3 is 11.5 Å². The van der Waals surface area contributed by atoms with E-state index in [1.165, 1.54) is 6.20 Å². The van der Waals surface area contributed by atoms with Gasteiger partial charge in [-0.05, 0) is 22.4 Å². The molecule has 0 aliphatic rings. The number of rotatable bonds is 3. The molecule has 92 valence electrons. The minimum absolute atomic E-state index is 0.00752. The first-order valence-electron chi connectivity index (χ1n) is 4.80. The number of carbonyl (C=O) groups is 1. The number of aromatic nitrogens is 3. The Labute approximate surface area is 101 Å². The first-order valence-corrected chi connectivity index (χ1v) is 4.80. The summed E-state index contributed by atoms with van der Waals surface area (Å²) in [7, 11) is 0. The number of hydrogen-bond donors (Lipinski definition) is 3. The van der Waals surface area contributed by atoms with Gasteiger partial charge in [0.1, 0.15) is 0 Å². The number of carbonyl (C=O) groups excluding carboxylic acids is 1. The first kappa shape index (κ1) is 11.5. The Morgan fingerprint density at radius 1 is 1.44 bits per heavy atom. The molecule has 0 saturated heterocycles. The number of pyridine rings is 1. The van der Waals surface area contributed by atoms with Gasteiger partial charge in [0.2, 0.25) is 0 Å². The summed E-state index contributed by atoms with van der Waals surface area (Å²) in [5, 5.41) is 10.4. The molecule has 1 amide bonds. The summed E-state index contributed by atoms with van der Waals surface area (Å²) in [4.78, 5) is 15.4. The van der Waals surface area contributed by atoms with Gasteiger partial charge in [0.15, 0.2) is 17.3 Å². The molecule has 0 aromatic carbocycles. The van der Waals surface area contributed by atoms with Crippen LogP contribution in [0.2, 0.25) is 0 Å². The second-order valence-electron chi connectivity index (χ2n) is 3.18. The largest absolute Gasteiger partial charge is 0.380 e. The summed E-state index contributed by atoms with van der Waals surface area (Å²) in [5.74, 6) is -0.570. The molecule has 0 radical (unpaired) electrons. The van der Waals surface area contributed by atoms with Crippen LogP contribution < -0.4 is 16.9 Å². The third-order valence-electron chi connectivity index (χ3n) is 1.96. The molecule has 2 heterocycles. The molecular weight excluding hydrogens is 238 g/mol. The summed E-state index contributed by atoms with van der Waals surface area (Å²) in [6.45, 7) is 0. The predicted molar refractivity (Wildman–Crippen MR) is 61.1 cm³/mol. The van der Waals surface area contributed by atoms with Crippen LogP contribution in [0.25, 0.3) is 0 Å². The third kappa shape index (κ3) is 2.40. The van der Waals surface area contributed by atoms with E-state index in [9.17, 15) is 4.79 Å². The Morgan fingerprint density at radius 2 is 2.28 bits per heavy atom. The lowest BCUT2D eigenvalue weighted by Crippen LogP contribution is -2.24. The van der Waals surface area contributed by atoms with E-state index in [1.807, 2.05) is 0 Å². The van der Waals surface area contributed by atoms with Gasteiger partial charge in [-0.1, -0.05) is 0 Å². The van der Waals surface area contributed by atoms with Crippen LogP contribution in [0.15, 0.2) is 34.3 Å². The summed E-state index contributed by atoms with van der Waals surface area (Å²) < 4.78 is 4.35. The molecule has 0 atom stereocenters. The van der Waals surface area contributed by atoms with Crippen LogP contribution in [0.1, 0.15) is 16.1 Å². The Balaban J connectivity index is 2.08. The number of hydrazone groups is 1. The quantitative estimate of drug-likeness (QED) is 0.361. The molecule has 0 aliphatic carbocycles. The maximum atomic E-state index is 11.6. The number of nitrogens with one attached hydrogen (secondary N) is 1. The van der Waals surface area contributed by atoms with Crippen LogP contribution in [0.5, 0.6) is 0 Å². The van der Waals surface area contributed by atoms with E-state index in [4.69, 9.17) is 11.5 Å². The standard InChI is InChI=1S/C9H9N7O2/c10-7(6-8(11)16-18-15-6)13-14-9(17)5-2-1-3-12-4-5/h1-4H,(H2,10,13)(H2,11,16)(H,14,17). The second-order valence-corrected chi connectivity index (χ2v) is 3.18. The zero-order valence-electron chi connectivity index (χ0n) is 9.07. The van der Waals surface area contributed by atoms with E-state index in [2.05, 4.69) is 30.5 Å². The molecule has 9 heteroatoms. The lowest BCUT2D eigenvalue weighted by molar-refractivity contribution is 0.0954. The minimum Gasteiger partial charge on any atom is -0.380 e. The molecule has 0 saturated carbocycles. The molecule has 0 unspecified atom stereocenters. The van der Waals surface area contributed by atoms with Crippen molar-refractivity contribution in [3.63, 3.8) is 0 Å². The van der Waals surface area contributed by atoms with Crippen molar-refractivity contribution < 1.29 is 9.42 Å². The molecule has 2 aromatic heterocycles. The average Bonchev–Trinajstić information content (AvgIpc) is 2.83. The Bertz CT molecular complexity index is 578. The fourth-order valence-corrected chi connectivity index (χ4v) is 1.10. The Hall–Kier alpha value is -2.97. The lowest BCUT2D eigenvalue weighted by atomic mass is 10.3. The fraction of sp³-hybridized carbons (Fsp3) is 0. The van der Waals surface area contributed by atoms with E-state index < -0.39 is 5.91 Å². The van der Waals surface area contributed by atoms with Crippen LogP contribution in [0.3, 0.4) is 0 Å². The highest BCUT2D eigenvalue weighted by atomic mass is 16.6. The number of nitrogens with two attached hydrogens (primary N) is 2. The van der Waals surface area contributed by atoms with Crippen molar-refractivity contribution in [1.29, 1.82) is 0 Å². The zero-order valence-corrected chi connectivity index (χ0v) is 9.07. The van der Waals surface area contributed by atoms with Gasteiger partial charge in [-0.15, -0.1) is 0 Å². The van der Waals surface area contributed by atoms with E-state index >= 15 is 0 Å². The zero-order chi connectivity index (χ0) is 13.0. The van der Waals surface area contributed by atoms with Gasteiger partial charge >= 0.3 is 0 Å². The molecule has 0 aliphatic heterocycles. The van der Waals surface area contributed by atoms with Crippen molar-refractivity contribution in [3.8, 4) is 0 Å². The van der Waals surface area contributed by atoms with Gasteiger partial charge in [0.05, 0.1) is 5.56 Å². The molecule has 9 nitrogen and oxygen atoms in total. The number of nitrogens with zero attached hydrogens (tertiary/aromatic N) is 4. The highest BCUT2D eigenvalue weighted by Gasteiger charge is 2.11. The van der Waals surface area contributed by atoms with Crippen molar-refractivity contribution in [2.24, 2.45) is 10.8 Å². The second kappa shape index (κ2) is 4.91. The van der Waals surface area contributed by atoms with Gasteiger partial charge in [-0.2, -0.15) is 5.10 Å². The molecular formula is C9H9N7O2. The fourth-order valence-electron chi connectivity index (χ4n) is 1.10. The number of hydrogen-bond acceptors (Lipinski definition) is 7. The molecule has 0 fully saturated rings. The van der Waals surface area contributed by atoms with E-state index in [0.29, 0.717) is 5.56 Å². The monoisotopic (exact) mass is 247 g/mol. The highest BCUT2D eigenvalue weighted by Crippen LogP contribution is 2.02.